The van der Waals surface area contributed by atoms with Gasteiger partial charge in [0.2, 0.25) is 0 Å². The summed E-state index contributed by atoms with van der Waals surface area (Å²) < 4.78 is 11.0. The average Bonchev–Trinajstić information content (AvgIpc) is 2.71. The summed E-state index contributed by atoms with van der Waals surface area (Å²) in [4.78, 5) is 11.0. The Morgan fingerprint density at radius 2 is 1.93 bits per heavy atom. The second-order valence-corrected chi connectivity index (χ2v) is 6.71. The van der Waals surface area contributed by atoms with Crippen molar-refractivity contribution < 1.29 is 19.4 Å². The molecule has 1 saturated heterocycles. The molecule has 5 nitrogen and oxygen atoms in total. The van der Waals surface area contributed by atoms with Crippen LogP contribution in [0.2, 0.25) is 5.02 Å². The Morgan fingerprint density at radius 1 is 1.22 bits per heavy atom. The molecule has 3 N–H and O–H groups in total. The number of ether oxygens (including phenoxy) is 2. The van der Waals surface area contributed by atoms with E-state index in [9.17, 15) is 9.90 Å². The number of aliphatic hydroxyl groups excluding tert-OH is 1. The van der Waals surface area contributed by atoms with Gasteiger partial charge in [-0.2, -0.15) is 0 Å². The number of carbonyl (C=O) groups excluding carboxylic acids is 1. The SMILES string of the molecule is CN.COc1ccc(Cc2cc(C3CC(O)CC(C=O)O3)ccc2Cl)cc1. The Morgan fingerprint density at radius 3 is 2.56 bits per heavy atom. The average molecular weight is 392 g/mol. The number of aliphatic hydroxyl groups is 1. The van der Waals surface area contributed by atoms with Crippen molar-refractivity contribution in [1.82, 2.24) is 0 Å². The maximum atomic E-state index is 11.0. The molecule has 1 aliphatic heterocycles. The highest BCUT2D eigenvalue weighted by molar-refractivity contribution is 6.31. The summed E-state index contributed by atoms with van der Waals surface area (Å²) in [6.07, 6.45) is 0.877. The van der Waals surface area contributed by atoms with Gasteiger partial charge in [0.1, 0.15) is 18.1 Å². The molecule has 0 aromatic heterocycles. The topological polar surface area (TPSA) is 81.8 Å². The Hall–Kier alpha value is -1.92. The second-order valence-electron chi connectivity index (χ2n) is 6.30. The predicted octanol–water partition coefficient (Wildman–Crippen LogP) is 3.29. The van der Waals surface area contributed by atoms with E-state index in [1.807, 2.05) is 42.5 Å². The molecule has 1 heterocycles. The van der Waals surface area contributed by atoms with E-state index in [1.54, 1.807) is 7.11 Å². The number of benzene rings is 2. The quantitative estimate of drug-likeness (QED) is 0.764. The summed E-state index contributed by atoms with van der Waals surface area (Å²) in [6.45, 7) is 0. The van der Waals surface area contributed by atoms with Crippen molar-refractivity contribution in [3.05, 3.63) is 64.2 Å². The lowest BCUT2D eigenvalue weighted by atomic mass is 9.94. The van der Waals surface area contributed by atoms with Crippen LogP contribution >= 0.6 is 11.6 Å². The molecule has 2 aromatic rings. The number of carbonyl (C=O) groups is 1. The second kappa shape index (κ2) is 10.4. The van der Waals surface area contributed by atoms with Gasteiger partial charge in [-0.05, 0) is 48.4 Å². The molecule has 2 aromatic carbocycles. The van der Waals surface area contributed by atoms with Crippen molar-refractivity contribution in [2.24, 2.45) is 5.73 Å². The number of rotatable bonds is 5. The van der Waals surface area contributed by atoms with E-state index in [-0.39, 0.29) is 6.10 Å². The first-order chi connectivity index (χ1) is 13.1. The molecule has 1 aliphatic rings. The van der Waals surface area contributed by atoms with E-state index in [1.165, 1.54) is 7.05 Å². The van der Waals surface area contributed by atoms with Crippen LogP contribution in [0.4, 0.5) is 0 Å². The van der Waals surface area contributed by atoms with Crippen molar-refractivity contribution in [1.29, 1.82) is 0 Å². The summed E-state index contributed by atoms with van der Waals surface area (Å²) in [5.41, 5.74) is 7.53. The minimum atomic E-state index is -0.561. The van der Waals surface area contributed by atoms with Gasteiger partial charge in [-0.25, -0.2) is 0 Å². The summed E-state index contributed by atoms with van der Waals surface area (Å²) in [6, 6.07) is 13.6. The van der Waals surface area contributed by atoms with Crippen LogP contribution in [0.3, 0.4) is 0 Å². The number of aldehydes is 1. The van der Waals surface area contributed by atoms with Crippen molar-refractivity contribution in [3.8, 4) is 5.75 Å². The van der Waals surface area contributed by atoms with Crippen LogP contribution in [-0.4, -0.2) is 37.8 Å². The molecule has 0 radical (unpaired) electrons. The van der Waals surface area contributed by atoms with Crippen LogP contribution in [-0.2, 0) is 16.0 Å². The molecule has 0 saturated carbocycles. The van der Waals surface area contributed by atoms with Crippen molar-refractivity contribution in [2.75, 3.05) is 14.2 Å². The highest BCUT2D eigenvalue weighted by atomic mass is 35.5. The lowest BCUT2D eigenvalue weighted by molar-refractivity contribution is -0.135. The van der Waals surface area contributed by atoms with E-state index < -0.39 is 12.2 Å². The van der Waals surface area contributed by atoms with Crippen LogP contribution in [0.15, 0.2) is 42.5 Å². The molecular weight excluding hydrogens is 366 g/mol. The zero-order chi connectivity index (χ0) is 19.8. The lowest BCUT2D eigenvalue weighted by Crippen LogP contribution is -2.32. The fourth-order valence-electron chi connectivity index (χ4n) is 3.13. The maximum Gasteiger partial charge on any atom is 0.148 e. The smallest absolute Gasteiger partial charge is 0.148 e. The van der Waals surface area contributed by atoms with Crippen molar-refractivity contribution >= 4 is 17.9 Å². The maximum absolute atomic E-state index is 11.0. The highest BCUT2D eigenvalue weighted by Gasteiger charge is 2.29. The first-order valence-corrected chi connectivity index (χ1v) is 9.24. The van der Waals surface area contributed by atoms with Gasteiger partial charge in [0.25, 0.3) is 0 Å². The molecule has 0 bridgehead atoms. The van der Waals surface area contributed by atoms with Crippen LogP contribution in [0, 0.1) is 0 Å². The van der Waals surface area contributed by atoms with Crippen molar-refractivity contribution in [2.45, 2.75) is 37.6 Å². The Labute approximate surface area is 165 Å². The van der Waals surface area contributed by atoms with Crippen molar-refractivity contribution in [3.63, 3.8) is 0 Å². The fraction of sp³-hybridized carbons (Fsp3) is 0.381. The van der Waals surface area contributed by atoms with Gasteiger partial charge in [-0.3, -0.25) is 0 Å². The molecule has 3 rings (SSSR count). The number of hydrogen-bond donors (Lipinski definition) is 2. The summed E-state index contributed by atoms with van der Waals surface area (Å²) in [7, 11) is 3.14. The van der Waals surface area contributed by atoms with Crippen LogP contribution in [0.1, 0.15) is 35.6 Å². The van der Waals surface area contributed by atoms with Gasteiger partial charge in [-0.1, -0.05) is 35.9 Å². The molecule has 3 atom stereocenters. The third-order valence-corrected chi connectivity index (χ3v) is 4.85. The molecule has 1 fully saturated rings. The largest absolute Gasteiger partial charge is 0.497 e. The van der Waals surface area contributed by atoms with Gasteiger partial charge in [0, 0.05) is 17.9 Å². The van der Waals surface area contributed by atoms with E-state index >= 15 is 0 Å². The summed E-state index contributed by atoms with van der Waals surface area (Å²) >= 11 is 6.36. The standard InChI is InChI=1S/C20H21ClO4.CH5N/c1-24-17-5-2-13(3-6-17)8-15-9-14(4-7-19(15)21)20-11-16(23)10-18(12-22)25-20;1-2/h2-7,9,12,16,18,20,23H,8,10-11H2,1H3;2H2,1H3. The zero-order valence-corrected chi connectivity index (χ0v) is 16.4. The van der Waals surface area contributed by atoms with Gasteiger partial charge in [0.15, 0.2) is 0 Å². The Kier molecular flexibility index (Phi) is 8.25. The number of hydrogen-bond acceptors (Lipinski definition) is 5. The van der Waals surface area contributed by atoms with E-state index in [2.05, 4.69) is 5.73 Å². The lowest BCUT2D eigenvalue weighted by Gasteiger charge is -2.31. The number of halogens is 1. The molecule has 3 unspecified atom stereocenters. The molecule has 0 spiro atoms. The van der Waals surface area contributed by atoms with Crippen LogP contribution < -0.4 is 10.5 Å². The van der Waals surface area contributed by atoms with E-state index in [4.69, 9.17) is 21.1 Å². The van der Waals surface area contributed by atoms with E-state index in [0.29, 0.717) is 24.3 Å². The first-order valence-electron chi connectivity index (χ1n) is 8.87. The zero-order valence-electron chi connectivity index (χ0n) is 15.6. The minimum Gasteiger partial charge on any atom is -0.497 e. The monoisotopic (exact) mass is 391 g/mol. The van der Waals surface area contributed by atoms with Crippen LogP contribution in [0.25, 0.3) is 0 Å². The fourth-order valence-corrected chi connectivity index (χ4v) is 3.31. The summed E-state index contributed by atoms with van der Waals surface area (Å²) in [5.74, 6) is 0.813. The molecule has 6 heteroatoms. The Bertz CT molecular complexity index is 735. The van der Waals surface area contributed by atoms with Gasteiger partial charge < -0.3 is 25.1 Å². The first kappa shape index (κ1) is 21.4. The molecule has 0 aliphatic carbocycles. The van der Waals surface area contributed by atoms with Crippen LogP contribution in [0.5, 0.6) is 5.75 Å². The molecule has 146 valence electrons. The number of nitrogens with two attached hydrogens (primary N) is 1. The number of methoxy groups -OCH3 is 1. The normalized spacial score (nSPS) is 21.7. The van der Waals surface area contributed by atoms with E-state index in [0.717, 1.165) is 28.7 Å². The predicted molar refractivity (Wildman–Crippen MR) is 106 cm³/mol. The van der Waals surface area contributed by atoms with Gasteiger partial charge in [-0.15, -0.1) is 0 Å². The minimum absolute atomic E-state index is 0.300. The molecule has 0 amide bonds. The molecule has 27 heavy (non-hydrogen) atoms. The third-order valence-electron chi connectivity index (χ3n) is 4.48. The summed E-state index contributed by atoms with van der Waals surface area (Å²) in [5, 5.41) is 10.7. The highest BCUT2D eigenvalue weighted by Crippen LogP contribution is 2.33. The molecular formula is C21H26ClNO4. The third kappa shape index (κ3) is 5.78. The Balaban J connectivity index is 0.00000126. The van der Waals surface area contributed by atoms with Gasteiger partial charge in [0.05, 0.1) is 19.3 Å². The van der Waals surface area contributed by atoms with Gasteiger partial charge >= 0.3 is 0 Å².